The van der Waals surface area contributed by atoms with Crippen molar-refractivity contribution in [3.8, 4) is 0 Å². The van der Waals surface area contributed by atoms with Crippen molar-refractivity contribution in [2.45, 2.75) is 30.8 Å². The van der Waals surface area contributed by atoms with Gasteiger partial charge in [-0.2, -0.15) is 4.31 Å². The third kappa shape index (κ3) is 2.81. The van der Waals surface area contributed by atoms with Crippen LogP contribution >= 0.6 is 0 Å². The van der Waals surface area contributed by atoms with Gasteiger partial charge in [-0.3, -0.25) is 0 Å². The van der Waals surface area contributed by atoms with Gasteiger partial charge in [-0.15, -0.1) is 0 Å². The third-order valence-corrected chi connectivity index (χ3v) is 5.71. The van der Waals surface area contributed by atoms with Crippen molar-refractivity contribution in [3.63, 3.8) is 0 Å². The van der Waals surface area contributed by atoms with Crippen molar-refractivity contribution < 1.29 is 8.42 Å². The normalized spacial score (nSPS) is 24.3. The molecule has 1 aliphatic rings. The number of hydrogen-bond donors (Lipinski definition) is 1. The van der Waals surface area contributed by atoms with Gasteiger partial charge in [-0.25, -0.2) is 8.42 Å². The van der Waals surface area contributed by atoms with E-state index in [1.165, 1.54) is 0 Å². The first-order valence-corrected chi connectivity index (χ1v) is 8.66. The van der Waals surface area contributed by atoms with Crippen molar-refractivity contribution in [2.24, 2.45) is 0 Å². The molecule has 4 nitrogen and oxygen atoms in total. The highest BCUT2D eigenvalue weighted by atomic mass is 32.2. The van der Waals surface area contributed by atoms with Crippen LogP contribution in [0.5, 0.6) is 0 Å². The van der Waals surface area contributed by atoms with E-state index in [4.69, 9.17) is 0 Å². The SMILES string of the molecule is C[C@@H]1CN(S(=O)(=O)c2ccc3ccccc3c2)C[C@H](C)N1. The van der Waals surface area contributed by atoms with Gasteiger partial charge in [0.1, 0.15) is 0 Å². The van der Waals surface area contributed by atoms with Gasteiger partial charge < -0.3 is 5.32 Å². The molecule has 1 saturated heterocycles. The van der Waals surface area contributed by atoms with E-state index < -0.39 is 10.0 Å². The summed E-state index contributed by atoms with van der Waals surface area (Å²) in [5.74, 6) is 0. The number of fused-ring (bicyclic) bond motifs is 1. The first-order chi connectivity index (χ1) is 9.96. The number of nitrogens with one attached hydrogen (secondary N) is 1. The first-order valence-electron chi connectivity index (χ1n) is 7.22. The number of sulfonamides is 1. The average molecular weight is 304 g/mol. The van der Waals surface area contributed by atoms with Crippen LogP contribution in [0.2, 0.25) is 0 Å². The maximum absolute atomic E-state index is 12.8. The fraction of sp³-hybridized carbons (Fsp3) is 0.375. The van der Waals surface area contributed by atoms with Gasteiger partial charge in [0.15, 0.2) is 0 Å². The maximum Gasteiger partial charge on any atom is 0.243 e. The standard InChI is InChI=1S/C16H20N2O2S/c1-12-10-18(11-13(2)17-12)21(19,20)16-8-7-14-5-3-4-6-15(14)9-16/h3-9,12-13,17H,10-11H2,1-2H3/t12-,13+. The summed E-state index contributed by atoms with van der Waals surface area (Å²) >= 11 is 0. The topological polar surface area (TPSA) is 49.4 Å². The lowest BCUT2D eigenvalue weighted by molar-refractivity contribution is 0.263. The summed E-state index contributed by atoms with van der Waals surface area (Å²) in [5, 5.41) is 5.36. The van der Waals surface area contributed by atoms with Crippen LogP contribution in [-0.2, 0) is 10.0 Å². The van der Waals surface area contributed by atoms with Gasteiger partial charge >= 0.3 is 0 Å². The number of piperazine rings is 1. The monoisotopic (exact) mass is 304 g/mol. The van der Waals surface area contributed by atoms with Gasteiger partial charge in [-0.1, -0.05) is 30.3 Å². The van der Waals surface area contributed by atoms with Crippen molar-refractivity contribution >= 4 is 20.8 Å². The average Bonchev–Trinajstić information content (AvgIpc) is 2.45. The number of benzene rings is 2. The molecule has 1 fully saturated rings. The molecule has 2 aromatic rings. The summed E-state index contributed by atoms with van der Waals surface area (Å²) in [6.45, 7) is 5.05. The van der Waals surface area contributed by atoms with Crippen LogP contribution in [0, 0.1) is 0 Å². The molecule has 0 radical (unpaired) electrons. The lowest BCUT2D eigenvalue weighted by Gasteiger charge is -2.35. The molecule has 0 spiro atoms. The van der Waals surface area contributed by atoms with Gasteiger partial charge in [0.25, 0.3) is 0 Å². The molecule has 5 heteroatoms. The lowest BCUT2D eigenvalue weighted by atomic mass is 10.1. The second-order valence-electron chi connectivity index (χ2n) is 5.80. The maximum atomic E-state index is 12.8. The molecule has 0 bridgehead atoms. The van der Waals surface area contributed by atoms with Crippen LogP contribution in [0.3, 0.4) is 0 Å². The molecule has 21 heavy (non-hydrogen) atoms. The molecule has 112 valence electrons. The van der Waals surface area contributed by atoms with Crippen LogP contribution in [0.25, 0.3) is 10.8 Å². The molecular formula is C16H20N2O2S. The molecule has 2 aromatic carbocycles. The zero-order chi connectivity index (χ0) is 15.0. The molecule has 1 heterocycles. The highest BCUT2D eigenvalue weighted by Crippen LogP contribution is 2.23. The van der Waals surface area contributed by atoms with Crippen LogP contribution in [0.4, 0.5) is 0 Å². The fourth-order valence-corrected chi connectivity index (χ4v) is 4.60. The van der Waals surface area contributed by atoms with Crippen molar-refractivity contribution in [3.05, 3.63) is 42.5 Å². The zero-order valence-corrected chi connectivity index (χ0v) is 13.1. The molecule has 3 rings (SSSR count). The summed E-state index contributed by atoms with van der Waals surface area (Å²) in [6, 6.07) is 13.5. The molecule has 1 N–H and O–H groups in total. The summed E-state index contributed by atoms with van der Waals surface area (Å²) in [5.41, 5.74) is 0. The molecular weight excluding hydrogens is 284 g/mol. The molecule has 0 aromatic heterocycles. The fourth-order valence-electron chi connectivity index (χ4n) is 2.95. The lowest BCUT2D eigenvalue weighted by Crippen LogP contribution is -2.55. The van der Waals surface area contributed by atoms with E-state index in [2.05, 4.69) is 5.32 Å². The van der Waals surface area contributed by atoms with E-state index in [1.807, 2.05) is 44.2 Å². The summed E-state index contributed by atoms with van der Waals surface area (Å²) in [7, 11) is -3.43. The minimum Gasteiger partial charge on any atom is -0.309 e. The van der Waals surface area contributed by atoms with Crippen LogP contribution < -0.4 is 5.32 Å². The summed E-state index contributed by atoms with van der Waals surface area (Å²) in [4.78, 5) is 0.377. The van der Waals surface area contributed by atoms with E-state index in [-0.39, 0.29) is 12.1 Å². The van der Waals surface area contributed by atoms with Crippen molar-refractivity contribution in [1.82, 2.24) is 9.62 Å². The largest absolute Gasteiger partial charge is 0.309 e. The Morgan fingerprint density at radius 1 is 1.00 bits per heavy atom. The number of hydrogen-bond acceptors (Lipinski definition) is 3. The predicted molar refractivity (Wildman–Crippen MR) is 84.8 cm³/mol. The highest BCUT2D eigenvalue weighted by molar-refractivity contribution is 7.89. The van der Waals surface area contributed by atoms with Gasteiger partial charge in [0.05, 0.1) is 4.90 Å². The Bertz CT molecular complexity index is 748. The van der Waals surface area contributed by atoms with Gasteiger partial charge in [0.2, 0.25) is 10.0 Å². The molecule has 0 saturated carbocycles. The van der Waals surface area contributed by atoms with Crippen LogP contribution in [-0.4, -0.2) is 37.9 Å². The number of rotatable bonds is 2. The highest BCUT2D eigenvalue weighted by Gasteiger charge is 2.31. The summed E-state index contributed by atoms with van der Waals surface area (Å²) < 4.78 is 27.2. The van der Waals surface area contributed by atoms with E-state index in [1.54, 1.807) is 16.4 Å². The second-order valence-corrected chi connectivity index (χ2v) is 7.74. The number of nitrogens with zero attached hydrogens (tertiary/aromatic N) is 1. The quantitative estimate of drug-likeness (QED) is 0.925. The third-order valence-electron chi connectivity index (χ3n) is 3.88. The molecule has 0 aliphatic carbocycles. The van der Waals surface area contributed by atoms with Crippen molar-refractivity contribution in [1.29, 1.82) is 0 Å². The van der Waals surface area contributed by atoms with Crippen LogP contribution in [0.1, 0.15) is 13.8 Å². The Kier molecular flexibility index (Phi) is 3.73. The second kappa shape index (κ2) is 5.40. The van der Waals surface area contributed by atoms with E-state index in [0.717, 1.165) is 10.8 Å². The Labute approximate surface area is 125 Å². The molecule has 2 atom stereocenters. The first kappa shape index (κ1) is 14.5. The Morgan fingerprint density at radius 3 is 2.29 bits per heavy atom. The van der Waals surface area contributed by atoms with E-state index in [0.29, 0.717) is 18.0 Å². The molecule has 0 unspecified atom stereocenters. The Hall–Kier alpha value is -1.43. The predicted octanol–water partition coefficient (Wildman–Crippen LogP) is 2.21. The summed E-state index contributed by atoms with van der Waals surface area (Å²) in [6.07, 6.45) is 0. The smallest absolute Gasteiger partial charge is 0.243 e. The zero-order valence-electron chi connectivity index (χ0n) is 12.3. The molecule has 1 aliphatic heterocycles. The van der Waals surface area contributed by atoms with E-state index >= 15 is 0 Å². The Morgan fingerprint density at radius 2 is 1.62 bits per heavy atom. The van der Waals surface area contributed by atoms with E-state index in [9.17, 15) is 8.42 Å². The minimum atomic E-state index is -3.43. The molecule has 0 amide bonds. The minimum absolute atomic E-state index is 0.170. The van der Waals surface area contributed by atoms with Crippen LogP contribution in [0.15, 0.2) is 47.4 Å². The van der Waals surface area contributed by atoms with Gasteiger partial charge in [0, 0.05) is 25.2 Å². The Balaban J connectivity index is 1.99. The van der Waals surface area contributed by atoms with Gasteiger partial charge in [-0.05, 0) is 36.8 Å². The van der Waals surface area contributed by atoms with Crippen molar-refractivity contribution in [2.75, 3.05) is 13.1 Å².